The Hall–Kier alpha value is -3.65. The number of ketones is 3. The van der Waals surface area contributed by atoms with Gasteiger partial charge in [-0.1, -0.05) is 33.1 Å². The number of aliphatic hydroxyl groups is 6. The summed E-state index contributed by atoms with van der Waals surface area (Å²) in [5.41, 5.74) is 0. The fourth-order valence-electron chi connectivity index (χ4n) is 10.2. The summed E-state index contributed by atoms with van der Waals surface area (Å²) >= 11 is 0. The summed E-state index contributed by atoms with van der Waals surface area (Å²) in [5.74, 6) is -3.48. The van der Waals surface area contributed by atoms with E-state index in [1.165, 1.54) is 12.2 Å². The van der Waals surface area contributed by atoms with Crippen LogP contribution in [0.15, 0.2) is 12.2 Å². The lowest BCUT2D eigenvalue weighted by Crippen LogP contribution is -2.55. The molecule has 8 N–H and O–H groups in total. The van der Waals surface area contributed by atoms with Crippen molar-refractivity contribution >= 4 is 41.0 Å². The van der Waals surface area contributed by atoms with Crippen molar-refractivity contribution in [3.63, 3.8) is 0 Å². The van der Waals surface area contributed by atoms with Crippen molar-refractivity contribution in [3.05, 3.63) is 12.2 Å². The van der Waals surface area contributed by atoms with E-state index in [9.17, 15) is 64.2 Å². The summed E-state index contributed by atoms with van der Waals surface area (Å²) in [6, 6.07) is 0. The molecule has 22 nitrogen and oxygen atoms in total. The van der Waals surface area contributed by atoms with Crippen LogP contribution < -0.4 is 10.6 Å². The number of amides is 4. The molecule has 0 bridgehead atoms. The van der Waals surface area contributed by atoms with Gasteiger partial charge in [0.25, 0.3) is 11.8 Å². The molecular weight excluding hydrogens is 1020 g/mol. The molecule has 3 aliphatic heterocycles. The van der Waals surface area contributed by atoms with Gasteiger partial charge < -0.3 is 69.7 Å². The van der Waals surface area contributed by atoms with Gasteiger partial charge in [0.2, 0.25) is 11.8 Å². The van der Waals surface area contributed by atoms with Gasteiger partial charge in [0.1, 0.15) is 41.8 Å². The Kier molecular flexibility index (Phi) is 31.4. The number of rotatable bonds is 41. The SMILES string of the molecule is CC1[C@H](OCCCCC(=O)NCCCC[C@H](CC(=O)CCCCO[C@@H]2OC(CO)[C@H](O)C(O)[C@@H]2C)C(=O)NCCCCCC(=O)CCCOC2(OCCCC(=O)CCN3C(=O)C=CC3=O)CCCCC2)OC(CO)C(O)[C@H]1O. The molecule has 0 aromatic rings. The summed E-state index contributed by atoms with van der Waals surface area (Å²) in [4.78, 5) is 89.0. The van der Waals surface area contributed by atoms with Gasteiger partial charge in [-0.3, -0.25) is 38.5 Å². The first kappa shape index (κ1) is 66.9. The predicted octanol–water partition coefficient (Wildman–Crippen LogP) is 2.76. The Labute approximate surface area is 460 Å². The van der Waals surface area contributed by atoms with E-state index in [-0.39, 0.29) is 81.0 Å². The Morgan fingerprint density at radius 2 is 1.08 bits per heavy atom. The molecule has 78 heavy (non-hydrogen) atoms. The Balaban J connectivity index is 1.11. The van der Waals surface area contributed by atoms with E-state index in [2.05, 4.69) is 10.6 Å². The van der Waals surface area contributed by atoms with Crippen molar-refractivity contribution in [2.24, 2.45) is 17.8 Å². The molecular formula is C56H93N3O19. The normalized spacial score (nSPS) is 26.5. The quantitative estimate of drug-likeness (QED) is 0.0248. The van der Waals surface area contributed by atoms with E-state index in [1.54, 1.807) is 13.8 Å². The highest BCUT2D eigenvalue weighted by Crippen LogP contribution is 2.34. The predicted molar refractivity (Wildman–Crippen MR) is 282 cm³/mol. The number of nitrogens with one attached hydrogen (secondary N) is 2. The average molecular weight is 1110 g/mol. The van der Waals surface area contributed by atoms with Gasteiger partial charge in [-0.2, -0.15) is 0 Å². The van der Waals surface area contributed by atoms with Gasteiger partial charge in [-0.25, -0.2) is 0 Å². The van der Waals surface area contributed by atoms with E-state index in [0.717, 1.165) is 43.4 Å². The largest absolute Gasteiger partial charge is 0.394 e. The maximum atomic E-state index is 13.5. The maximum absolute atomic E-state index is 13.5. The van der Waals surface area contributed by atoms with Gasteiger partial charge in [-0.05, 0) is 77.0 Å². The second kappa shape index (κ2) is 36.7. The van der Waals surface area contributed by atoms with Crippen molar-refractivity contribution in [3.8, 4) is 0 Å². The highest BCUT2D eigenvalue weighted by Gasteiger charge is 2.44. The maximum Gasteiger partial charge on any atom is 0.253 e. The van der Waals surface area contributed by atoms with E-state index < -0.39 is 97.8 Å². The number of Topliss-reactive ketones (excluding diaryl/α,β-unsaturated/α-hetero) is 3. The molecule has 22 heteroatoms. The molecule has 11 atom stereocenters. The molecule has 3 fully saturated rings. The summed E-state index contributed by atoms with van der Waals surface area (Å²) in [5, 5.41) is 65.6. The van der Waals surface area contributed by atoms with E-state index >= 15 is 0 Å². The first-order chi connectivity index (χ1) is 37.5. The van der Waals surface area contributed by atoms with Gasteiger partial charge in [-0.15, -0.1) is 0 Å². The minimum absolute atomic E-state index is 0.0464. The number of carbonyl (C=O) groups excluding carboxylic acids is 7. The van der Waals surface area contributed by atoms with Crippen LogP contribution in [0.3, 0.4) is 0 Å². The van der Waals surface area contributed by atoms with E-state index in [1.807, 2.05) is 0 Å². The van der Waals surface area contributed by atoms with Crippen LogP contribution in [0.2, 0.25) is 0 Å². The first-order valence-corrected chi connectivity index (χ1v) is 28.9. The molecule has 0 aromatic carbocycles. The second-order valence-electron chi connectivity index (χ2n) is 21.5. The van der Waals surface area contributed by atoms with Crippen LogP contribution in [-0.4, -0.2) is 191 Å². The molecule has 2 saturated heterocycles. The minimum Gasteiger partial charge on any atom is -0.394 e. The lowest BCUT2D eigenvalue weighted by Gasteiger charge is -2.40. The van der Waals surface area contributed by atoms with Gasteiger partial charge in [0.15, 0.2) is 18.4 Å². The summed E-state index contributed by atoms with van der Waals surface area (Å²) in [6.45, 7) is 4.50. The number of imide groups is 1. The fraction of sp³-hybridized carbons (Fsp3) is 0.839. The van der Waals surface area contributed by atoms with Gasteiger partial charge in [0, 0.05) is 121 Å². The third-order valence-electron chi connectivity index (χ3n) is 15.2. The zero-order valence-electron chi connectivity index (χ0n) is 46.3. The lowest BCUT2D eigenvalue weighted by molar-refractivity contribution is -0.282. The number of ether oxygens (including phenoxy) is 6. The molecule has 3 heterocycles. The Morgan fingerprint density at radius 1 is 0.590 bits per heavy atom. The highest BCUT2D eigenvalue weighted by atomic mass is 16.7. The molecule has 1 saturated carbocycles. The van der Waals surface area contributed by atoms with Crippen LogP contribution in [0, 0.1) is 17.8 Å². The van der Waals surface area contributed by atoms with Crippen LogP contribution in [0.1, 0.15) is 168 Å². The minimum atomic E-state index is -1.23. The van der Waals surface area contributed by atoms with Crippen molar-refractivity contribution in [2.45, 2.75) is 223 Å². The Morgan fingerprint density at radius 3 is 1.64 bits per heavy atom. The zero-order chi connectivity index (χ0) is 56.9. The number of carbonyl (C=O) groups is 7. The molecule has 4 rings (SSSR count). The van der Waals surface area contributed by atoms with Crippen LogP contribution in [0.4, 0.5) is 0 Å². The summed E-state index contributed by atoms with van der Waals surface area (Å²) in [7, 11) is 0. The van der Waals surface area contributed by atoms with E-state index in [4.69, 9.17) is 28.4 Å². The molecule has 0 spiro atoms. The zero-order valence-corrected chi connectivity index (χ0v) is 46.3. The highest BCUT2D eigenvalue weighted by molar-refractivity contribution is 6.13. The number of hydrogen-bond donors (Lipinski definition) is 8. The first-order valence-electron chi connectivity index (χ1n) is 28.9. The third-order valence-corrected chi connectivity index (χ3v) is 15.2. The van der Waals surface area contributed by atoms with Gasteiger partial charge in [0.05, 0.1) is 38.6 Å². The van der Waals surface area contributed by atoms with Crippen LogP contribution in [-0.2, 0) is 62.0 Å². The van der Waals surface area contributed by atoms with Gasteiger partial charge >= 0.3 is 0 Å². The summed E-state index contributed by atoms with van der Waals surface area (Å²) in [6.07, 6.45) is 7.24. The Bertz CT molecular complexity index is 1840. The van der Waals surface area contributed by atoms with Crippen molar-refractivity contribution < 1.29 is 92.6 Å². The number of unbranched alkanes of at least 4 members (excludes halogenated alkanes) is 5. The summed E-state index contributed by atoms with van der Waals surface area (Å²) < 4.78 is 35.2. The molecule has 4 amide bonds. The molecule has 5 unspecified atom stereocenters. The lowest BCUT2D eigenvalue weighted by atomic mass is 9.92. The smallest absolute Gasteiger partial charge is 0.253 e. The molecule has 4 aliphatic rings. The number of hydrogen-bond acceptors (Lipinski definition) is 19. The van der Waals surface area contributed by atoms with Crippen molar-refractivity contribution in [1.29, 1.82) is 0 Å². The molecule has 1 aliphatic carbocycles. The molecule has 0 radical (unpaired) electrons. The van der Waals surface area contributed by atoms with Crippen LogP contribution in [0.25, 0.3) is 0 Å². The average Bonchev–Trinajstić information content (AvgIpc) is 3.75. The van der Waals surface area contributed by atoms with Crippen molar-refractivity contribution in [2.75, 3.05) is 59.3 Å². The standard InChI is InChI=1S/C56H93N3O19/c1-38-49(68)51(70)44(36-60)77-54(38)73-31-13-7-19-43(64)35-40(17-6-12-28-57-46(65)22-8-14-32-74-55-39(2)50(69)52(71)45(37-61)78-55)53(72)58-29-11-3-5-18-41(62)20-15-33-75-56(26-9-4-10-27-56)76-34-16-21-42(63)25-30-59-47(66)23-24-48(59)67/h23-24,38-40,44-45,49-52,54-55,60-61,68-71H,3-22,25-37H2,1-2H3,(H,57,65)(H,58,72)/t38-,39?,40+,44?,45?,49?,50-,51-,52?,54+,55+/m0/s1. The number of aliphatic hydroxyl groups excluding tert-OH is 6. The fourth-order valence-corrected chi connectivity index (χ4v) is 10.2. The van der Waals surface area contributed by atoms with Crippen LogP contribution in [0.5, 0.6) is 0 Å². The van der Waals surface area contributed by atoms with Crippen LogP contribution >= 0.6 is 0 Å². The monoisotopic (exact) mass is 1110 g/mol. The molecule has 446 valence electrons. The van der Waals surface area contributed by atoms with E-state index in [0.29, 0.717) is 110 Å². The molecule has 0 aromatic heterocycles. The van der Waals surface area contributed by atoms with Crippen molar-refractivity contribution in [1.82, 2.24) is 15.5 Å². The second-order valence-corrected chi connectivity index (χ2v) is 21.5. The third kappa shape index (κ3) is 23.4. The number of nitrogens with zero attached hydrogens (tertiary/aromatic N) is 1. The topological polar surface area (TPSA) is 324 Å².